The van der Waals surface area contributed by atoms with Crippen LogP contribution in [0, 0.1) is 5.92 Å². The number of hydrogen-bond donors (Lipinski definition) is 1. The first-order valence-electron chi connectivity index (χ1n) is 13.9. The highest BCUT2D eigenvalue weighted by atomic mass is 16.7. The maximum Gasteiger partial charge on any atom is 0.253 e. The molecule has 0 radical (unpaired) electrons. The van der Waals surface area contributed by atoms with Crippen molar-refractivity contribution in [2.75, 3.05) is 33.0 Å². The van der Waals surface area contributed by atoms with Gasteiger partial charge in [-0.2, -0.15) is 0 Å². The number of fused-ring (bicyclic) bond motifs is 1. The van der Waals surface area contributed by atoms with Crippen molar-refractivity contribution in [3.63, 3.8) is 0 Å². The number of nitrogens with zero attached hydrogens (tertiary/aromatic N) is 2. The van der Waals surface area contributed by atoms with E-state index in [-0.39, 0.29) is 24.5 Å². The first-order chi connectivity index (χ1) is 18.1. The van der Waals surface area contributed by atoms with Crippen LogP contribution < -0.4 is 14.8 Å². The highest BCUT2D eigenvalue weighted by Crippen LogP contribution is 2.32. The molecule has 198 valence electrons. The van der Waals surface area contributed by atoms with Crippen molar-refractivity contribution in [1.82, 2.24) is 15.1 Å². The predicted molar refractivity (Wildman–Crippen MR) is 143 cm³/mol. The minimum Gasteiger partial charge on any atom is -0.454 e. The molecule has 3 heterocycles. The predicted octanol–water partition coefficient (Wildman–Crippen LogP) is 4.39. The molecule has 3 aliphatic heterocycles. The molecule has 7 nitrogen and oxygen atoms in total. The number of rotatable bonds is 8. The summed E-state index contributed by atoms with van der Waals surface area (Å²) in [6.45, 7) is 6.45. The Bertz CT molecular complexity index is 1070. The quantitative estimate of drug-likeness (QED) is 0.576. The molecule has 0 aromatic heterocycles. The number of nitrogens with one attached hydrogen (secondary N) is 1. The van der Waals surface area contributed by atoms with E-state index in [0.717, 1.165) is 80.9 Å². The number of likely N-dealkylation sites (tertiary alicyclic amines) is 2. The zero-order chi connectivity index (χ0) is 25.6. The second-order valence-electron chi connectivity index (χ2n) is 10.5. The maximum atomic E-state index is 13.0. The van der Waals surface area contributed by atoms with E-state index in [2.05, 4.69) is 29.3 Å². The number of benzene rings is 2. The van der Waals surface area contributed by atoms with Crippen LogP contribution in [0.1, 0.15) is 66.9 Å². The van der Waals surface area contributed by atoms with Crippen molar-refractivity contribution in [2.45, 2.75) is 64.5 Å². The summed E-state index contributed by atoms with van der Waals surface area (Å²) in [5.74, 6) is 1.85. The van der Waals surface area contributed by atoms with E-state index < -0.39 is 0 Å². The third-order valence-electron chi connectivity index (χ3n) is 8.09. The van der Waals surface area contributed by atoms with Crippen molar-refractivity contribution in [3.8, 4) is 11.5 Å². The summed E-state index contributed by atoms with van der Waals surface area (Å²) < 4.78 is 10.8. The Morgan fingerprint density at radius 1 is 0.892 bits per heavy atom. The number of carbonyl (C=O) groups excluding carboxylic acids is 2. The van der Waals surface area contributed by atoms with Gasteiger partial charge in [0.15, 0.2) is 11.5 Å². The van der Waals surface area contributed by atoms with Gasteiger partial charge in [0, 0.05) is 37.2 Å². The third-order valence-corrected chi connectivity index (χ3v) is 8.09. The molecule has 3 aliphatic rings. The van der Waals surface area contributed by atoms with E-state index in [1.54, 1.807) is 0 Å². The molecule has 0 spiro atoms. The summed E-state index contributed by atoms with van der Waals surface area (Å²) in [6.07, 6.45) is 7.22. The minimum absolute atomic E-state index is 0.0622. The van der Waals surface area contributed by atoms with Crippen LogP contribution in [0.2, 0.25) is 0 Å². The molecular weight excluding hydrogens is 466 g/mol. The summed E-state index contributed by atoms with van der Waals surface area (Å²) in [5.41, 5.74) is 3.12. The summed E-state index contributed by atoms with van der Waals surface area (Å²) in [4.78, 5) is 30.3. The highest BCUT2D eigenvalue weighted by molar-refractivity contribution is 5.94. The molecule has 2 amide bonds. The van der Waals surface area contributed by atoms with Gasteiger partial charge in [0.2, 0.25) is 12.7 Å². The molecule has 0 bridgehead atoms. The minimum atomic E-state index is 0.0622. The van der Waals surface area contributed by atoms with Crippen LogP contribution >= 0.6 is 0 Å². The van der Waals surface area contributed by atoms with Crippen LogP contribution in [0.3, 0.4) is 0 Å². The molecule has 0 unspecified atom stereocenters. The zero-order valence-corrected chi connectivity index (χ0v) is 21.9. The fourth-order valence-electron chi connectivity index (χ4n) is 5.72. The molecule has 0 aliphatic carbocycles. The van der Waals surface area contributed by atoms with E-state index in [4.69, 9.17) is 9.47 Å². The normalized spacial score (nSPS) is 18.7. The van der Waals surface area contributed by atoms with Gasteiger partial charge in [-0.05, 0) is 87.0 Å². The fourth-order valence-corrected chi connectivity index (χ4v) is 5.72. The average Bonchev–Trinajstić information content (AvgIpc) is 3.43. The third kappa shape index (κ3) is 6.27. The number of aryl methyl sites for hydroxylation is 1. The zero-order valence-electron chi connectivity index (χ0n) is 21.9. The van der Waals surface area contributed by atoms with Gasteiger partial charge in [-0.3, -0.25) is 9.59 Å². The number of carbonyl (C=O) groups is 2. The molecule has 7 heteroatoms. The molecule has 2 fully saturated rings. The van der Waals surface area contributed by atoms with Gasteiger partial charge in [0.1, 0.15) is 0 Å². The van der Waals surface area contributed by atoms with Crippen LogP contribution in [-0.2, 0) is 17.8 Å². The lowest BCUT2D eigenvalue weighted by Gasteiger charge is -2.41. The van der Waals surface area contributed by atoms with E-state index in [1.165, 1.54) is 18.4 Å². The number of hydrogen-bond acceptors (Lipinski definition) is 5. The van der Waals surface area contributed by atoms with Gasteiger partial charge in [-0.1, -0.05) is 31.5 Å². The largest absolute Gasteiger partial charge is 0.454 e. The van der Waals surface area contributed by atoms with E-state index in [1.807, 2.05) is 35.2 Å². The molecule has 1 N–H and O–H groups in total. The summed E-state index contributed by atoms with van der Waals surface area (Å²) >= 11 is 0. The lowest BCUT2D eigenvalue weighted by Crippen LogP contribution is -2.50. The molecule has 2 aromatic carbocycles. The van der Waals surface area contributed by atoms with Crippen molar-refractivity contribution in [2.24, 2.45) is 5.92 Å². The van der Waals surface area contributed by atoms with Crippen molar-refractivity contribution < 1.29 is 19.1 Å². The van der Waals surface area contributed by atoms with Gasteiger partial charge in [0.05, 0.1) is 0 Å². The molecule has 5 rings (SSSR count). The Morgan fingerprint density at radius 2 is 1.59 bits per heavy atom. The van der Waals surface area contributed by atoms with Crippen LogP contribution in [-0.4, -0.2) is 60.6 Å². The topological polar surface area (TPSA) is 71.1 Å². The first kappa shape index (κ1) is 25.6. The Hall–Kier alpha value is -3.06. The molecule has 2 saturated heterocycles. The van der Waals surface area contributed by atoms with Gasteiger partial charge >= 0.3 is 0 Å². The number of unbranched alkanes of at least 4 members (excludes halogenated alkanes) is 1. The SMILES string of the molecule is CCCCc1ccc(C(=O)N2CCC(N3CCC(C(=O)NCc4ccc5c(c4)OCO5)CC3)CC2)cc1. The van der Waals surface area contributed by atoms with E-state index in [0.29, 0.717) is 12.6 Å². The summed E-state index contributed by atoms with van der Waals surface area (Å²) in [5, 5.41) is 3.10. The van der Waals surface area contributed by atoms with Crippen LogP contribution in [0.5, 0.6) is 11.5 Å². The second kappa shape index (κ2) is 12.0. The Kier molecular flexibility index (Phi) is 8.29. The number of piperidine rings is 2. The van der Waals surface area contributed by atoms with Crippen molar-refractivity contribution in [1.29, 1.82) is 0 Å². The molecule has 37 heavy (non-hydrogen) atoms. The standard InChI is InChI=1S/C30H39N3O4/c1-2-3-4-22-5-8-25(9-6-22)30(35)33-17-13-26(14-18-33)32-15-11-24(12-16-32)29(34)31-20-23-7-10-27-28(19-23)37-21-36-27/h5-10,19,24,26H,2-4,11-18,20-21H2,1H3,(H,31,34). The average molecular weight is 506 g/mol. The Morgan fingerprint density at radius 3 is 2.32 bits per heavy atom. The van der Waals surface area contributed by atoms with Crippen LogP contribution in [0.25, 0.3) is 0 Å². The van der Waals surface area contributed by atoms with E-state index >= 15 is 0 Å². The first-order valence-corrected chi connectivity index (χ1v) is 13.9. The van der Waals surface area contributed by atoms with Gasteiger partial charge < -0.3 is 24.6 Å². The smallest absolute Gasteiger partial charge is 0.253 e. The second-order valence-corrected chi connectivity index (χ2v) is 10.5. The number of ether oxygens (including phenoxy) is 2. The maximum absolute atomic E-state index is 13.0. The van der Waals surface area contributed by atoms with Gasteiger partial charge in [-0.15, -0.1) is 0 Å². The van der Waals surface area contributed by atoms with Crippen molar-refractivity contribution in [3.05, 3.63) is 59.2 Å². The van der Waals surface area contributed by atoms with Crippen molar-refractivity contribution >= 4 is 11.8 Å². The Balaban J connectivity index is 1.03. The summed E-state index contributed by atoms with van der Waals surface area (Å²) in [7, 11) is 0. The van der Waals surface area contributed by atoms with Gasteiger partial charge in [-0.25, -0.2) is 0 Å². The van der Waals surface area contributed by atoms with Gasteiger partial charge in [0.25, 0.3) is 5.91 Å². The fraction of sp³-hybridized carbons (Fsp3) is 0.533. The number of amides is 2. The van der Waals surface area contributed by atoms with Crippen LogP contribution in [0.15, 0.2) is 42.5 Å². The summed E-state index contributed by atoms with van der Waals surface area (Å²) in [6, 6.07) is 14.5. The lowest BCUT2D eigenvalue weighted by atomic mass is 9.92. The molecule has 0 atom stereocenters. The monoisotopic (exact) mass is 505 g/mol. The van der Waals surface area contributed by atoms with Crippen LogP contribution in [0.4, 0.5) is 0 Å². The molecular formula is C30H39N3O4. The molecule has 0 saturated carbocycles. The highest BCUT2D eigenvalue weighted by Gasteiger charge is 2.32. The van der Waals surface area contributed by atoms with E-state index in [9.17, 15) is 9.59 Å². The lowest BCUT2D eigenvalue weighted by molar-refractivity contribution is -0.126. The Labute approximate surface area is 220 Å². The molecule has 2 aromatic rings.